The zero-order chi connectivity index (χ0) is 31.2. The summed E-state index contributed by atoms with van der Waals surface area (Å²) in [4.78, 5) is 32.4. The van der Waals surface area contributed by atoms with Crippen LogP contribution in [0.4, 0.5) is 0 Å². The number of ether oxygens (including phenoxy) is 4. The van der Waals surface area contributed by atoms with E-state index in [1.807, 2.05) is 72.8 Å². The standard InChI is InChI=1S/C34H31IN2O6S/c1-5-16-42-25-14-12-24(13-15-25)30-29(33(39)41-6-2)21(3)36-34-37(30)32(38)28(44-34)19-23-17-26(35)31(27(18-23)40-4)43-20-22-10-8-7-9-11-22/h5,7-15,17-19,30H,1,6,16,20H2,2-4H3/b28-19-/t30-/m0/s1. The number of hydrogen-bond donors (Lipinski definition) is 0. The topological polar surface area (TPSA) is 88.4 Å². The van der Waals surface area contributed by atoms with Crippen molar-refractivity contribution in [3.63, 3.8) is 0 Å². The van der Waals surface area contributed by atoms with Crippen LogP contribution in [0.25, 0.3) is 6.08 Å². The summed E-state index contributed by atoms with van der Waals surface area (Å²) >= 11 is 3.47. The Morgan fingerprint density at radius 2 is 1.86 bits per heavy atom. The quantitative estimate of drug-likeness (QED) is 0.115. The van der Waals surface area contributed by atoms with E-state index in [4.69, 9.17) is 18.9 Å². The van der Waals surface area contributed by atoms with Crippen molar-refractivity contribution >= 4 is 46.0 Å². The van der Waals surface area contributed by atoms with Gasteiger partial charge >= 0.3 is 5.97 Å². The summed E-state index contributed by atoms with van der Waals surface area (Å²) in [6, 6.07) is 20.3. The number of nitrogens with zero attached hydrogens (tertiary/aromatic N) is 2. The number of carbonyl (C=O) groups is 1. The Kier molecular flexibility index (Phi) is 10.0. The van der Waals surface area contributed by atoms with Crippen molar-refractivity contribution in [2.45, 2.75) is 26.5 Å². The van der Waals surface area contributed by atoms with Crippen LogP contribution in [0.5, 0.6) is 17.2 Å². The van der Waals surface area contributed by atoms with E-state index < -0.39 is 12.0 Å². The highest BCUT2D eigenvalue weighted by atomic mass is 127. The summed E-state index contributed by atoms with van der Waals surface area (Å²) in [6.45, 7) is 8.16. The van der Waals surface area contributed by atoms with Gasteiger partial charge in [-0.25, -0.2) is 9.79 Å². The molecule has 8 nitrogen and oxygen atoms in total. The first-order valence-corrected chi connectivity index (χ1v) is 15.8. The number of rotatable bonds is 11. The fraction of sp³-hybridized carbons (Fsp3) is 0.206. The van der Waals surface area contributed by atoms with Crippen molar-refractivity contribution in [2.75, 3.05) is 20.3 Å². The van der Waals surface area contributed by atoms with Crippen molar-refractivity contribution < 1.29 is 23.7 Å². The second-order valence-corrected chi connectivity index (χ2v) is 12.0. The highest BCUT2D eigenvalue weighted by Gasteiger charge is 2.33. The highest BCUT2D eigenvalue weighted by Crippen LogP contribution is 2.35. The molecule has 0 fully saturated rings. The number of fused-ring (bicyclic) bond motifs is 1. The Balaban J connectivity index is 1.57. The Morgan fingerprint density at radius 3 is 2.55 bits per heavy atom. The number of aromatic nitrogens is 1. The summed E-state index contributed by atoms with van der Waals surface area (Å²) in [5.41, 5.74) is 3.10. The van der Waals surface area contributed by atoms with Crippen LogP contribution >= 0.6 is 33.9 Å². The Bertz CT molecular complexity index is 1890. The summed E-state index contributed by atoms with van der Waals surface area (Å²) < 4.78 is 25.7. The molecule has 0 aliphatic carbocycles. The minimum Gasteiger partial charge on any atom is -0.493 e. The van der Waals surface area contributed by atoms with Crippen LogP contribution in [0.2, 0.25) is 0 Å². The zero-order valence-electron chi connectivity index (χ0n) is 24.5. The van der Waals surface area contributed by atoms with Gasteiger partial charge in [-0.3, -0.25) is 9.36 Å². The number of methoxy groups -OCH3 is 1. The van der Waals surface area contributed by atoms with Crippen molar-refractivity contribution in [1.82, 2.24) is 4.57 Å². The number of thiazole rings is 1. The maximum absolute atomic E-state index is 14.0. The number of halogens is 1. The Labute approximate surface area is 272 Å². The summed E-state index contributed by atoms with van der Waals surface area (Å²) in [5.74, 6) is 1.33. The lowest BCUT2D eigenvalue weighted by Crippen LogP contribution is -2.39. The van der Waals surface area contributed by atoms with E-state index in [9.17, 15) is 9.59 Å². The van der Waals surface area contributed by atoms with E-state index >= 15 is 0 Å². The molecule has 0 bridgehead atoms. The van der Waals surface area contributed by atoms with Gasteiger partial charge in [0.05, 0.1) is 39.1 Å². The maximum Gasteiger partial charge on any atom is 0.338 e. The van der Waals surface area contributed by atoms with Gasteiger partial charge in [-0.15, -0.1) is 0 Å². The molecule has 3 aromatic carbocycles. The van der Waals surface area contributed by atoms with Crippen LogP contribution in [0.3, 0.4) is 0 Å². The largest absolute Gasteiger partial charge is 0.493 e. The molecule has 1 aromatic heterocycles. The first-order chi connectivity index (χ1) is 21.3. The van der Waals surface area contributed by atoms with E-state index in [-0.39, 0.29) is 12.2 Å². The highest BCUT2D eigenvalue weighted by molar-refractivity contribution is 14.1. The predicted molar refractivity (Wildman–Crippen MR) is 179 cm³/mol. The smallest absolute Gasteiger partial charge is 0.338 e. The molecule has 0 saturated carbocycles. The molecular formula is C34H31IN2O6S. The van der Waals surface area contributed by atoms with Gasteiger partial charge in [0.2, 0.25) is 0 Å². The molecule has 0 amide bonds. The van der Waals surface area contributed by atoms with Gasteiger partial charge in [0.25, 0.3) is 5.56 Å². The Hall–Kier alpha value is -4.16. The lowest BCUT2D eigenvalue weighted by atomic mass is 9.96. The fourth-order valence-electron chi connectivity index (χ4n) is 4.85. The third-order valence-electron chi connectivity index (χ3n) is 6.86. The maximum atomic E-state index is 14.0. The SMILES string of the molecule is C=CCOc1ccc([C@H]2C(C(=O)OCC)=C(C)N=c3s/c(=C\c4cc(I)c(OCc5ccccc5)c(OC)c4)c(=O)n32)cc1. The lowest BCUT2D eigenvalue weighted by Gasteiger charge is -2.24. The first kappa shape index (κ1) is 31.3. The van der Waals surface area contributed by atoms with Crippen molar-refractivity contribution in [2.24, 2.45) is 4.99 Å². The zero-order valence-corrected chi connectivity index (χ0v) is 27.5. The van der Waals surface area contributed by atoms with Crippen LogP contribution in [0.15, 0.2) is 100 Å². The summed E-state index contributed by atoms with van der Waals surface area (Å²) in [5, 5.41) is 0. The molecule has 0 saturated heterocycles. The van der Waals surface area contributed by atoms with Crippen molar-refractivity contribution in [1.29, 1.82) is 0 Å². The minimum absolute atomic E-state index is 0.201. The summed E-state index contributed by atoms with van der Waals surface area (Å²) in [7, 11) is 1.59. The van der Waals surface area contributed by atoms with Gasteiger partial charge in [-0.2, -0.15) is 0 Å². The molecule has 1 aliphatic rings. The van der Waals surface area contributed by atoms with E-state index in [0.717, 1.165) is 20.3 Å². The Morgan fingerprint density at radius 1 is 1.11 bits per heavy atom. The van der Waals surface area contributed by atoms with E-state index in [2.05, 4.69) is 34.2 Å². The third kappa shape index (κ3) is 6.66. The van der Waals surface area contributed by atoms with Crippen molar-refractivity contribution in [3.05, 3.63) is 131 Å². The molecule has 0 radical (unpaired) electrons. The first-order valence-electron chi connectivity index (χ1n) is 13.9. The van der Waals surface area contributed by atoms with Gasteiger partial charge in [-0.1, -0.05) is 66.5 Å². The van der Waals surface area contributed by atoms with Crippen LogP contribution in [0, 0.1) is 3.57 Å². The average Bonchev–Trinajstić information content (AvgIpc) is 3.33. The van der Waals surface area contributed by atoms with Gasteiger partial charge in [0.15, 0.2) is 16.3 Å². The molecule has 4 aromatic rings. The third-order valence-corrected chi connectivity index (χ3v) is 8.64. The molecule has 10 heteroatoms. The molecule has 0 spiro atoms. The second-order valence-electron chi connectivity index (χ2n) is 9.78. The number of carbonyl (C=O) groups excluding carboxylic acids is 1. The van der Waals surface area contributed by atoms with Crippen LogP contribution in [-0.4, -0.2) is 30.9 Å². The van der Waals surface area contributed by atoms with Gasteiger partial charge in [-0.05, 0) is 83.5 Å². The van der Waals surface area contributed by atoms with Gasteiger partial charge in [0, 0.05) is 0 Å². The summed E-state index contributed by atoms with van der Waals surface area (Å²) in [6.07, 6.45) is 3.47. The van der Waals surface area contributed by atoms with Crippen LogP contribution < -0.4 is 29.1 Å². The molecule has 0 N–H and O–H groups in total. The normalized spacial score (nSPS) is 14.5. The van der Waals surface area contributed by atoms with E-state index in [1.54, 1.807) is 31.6 Å². The average molecular weight is 723 g/mol. The number of allylic oxidation sites excluding steroid dienone is 1. The molecule has 0 unspecified atom stereocenters. The molecule has 1 atom stereocenters. The van der Waals surface area contributed by atoms with Crippen LogP contribution in [-0.2, 0) is 16.1 Å². The van der Waals surface area contributed by atoms with E-state index in [0.29, 0.717) is 51.1 Å². The number of esters is 1. The number of benzene rings is 3. The second kappa shape index (κ2) is 14.1. The van der Waals surface area contributed by atoms with Gasteiger partial charge in [0.1, 0.15) is 19.0 Å². The monoisotopic (exact) mass is 722 g/mol. The van der Waals surface area contributed by atoms with Gasteiger partial charge < -0.3 is 18.9 Å². The predicted octanol–water partition coefficient (Wildman–Crippen LogP) is 5.56. The molecule has 226 valence electrons. The molecule has 1 aliphatic heterocycles. The van der Waals surface area contributed by atoms with E-state index in [1.165, 1.54) is 11.3 Å². The molecule has 44 heavy (non-hydrogen) atoms. The molecule has 2 heterocycles. The number of hydrogen-bond acceptors (Lipinski definition) is 8. The molecule has 5 rings (SSSR count). The van der Waals surface area contributed by atoms with Crippen LogP contribution in [0.1, 0.15) is 36.6 Å². The molecular weight excluding hydrogens is 691 g/mol. The van der Waals surface area contributed by atoms with Crippen molar-refractivity contribution in [3.8, 4) is 17.2 Å². The fourth-order valence-corrected chi connectivity index (χ4v) is 6.68. The lowest BCUT2D eigenvalue weighted by molar-refractivity contribution is -0.139. The minimum atomic E-state index is -0.718.